The van der Waals surface area contributed by atoms with Gasteiger partial charge in [0.2, 0.25) is 0 Å². The number of carboxylic acid groups (broad SMARTS) is 1. The van der Waals surface area contributed by atoms with Crippen LogP contribution in [-0.4, -0.2) is 31.6 Å². The largest absolute Gasteiger partial charge is 0.481 e. The summed E-state index contributed by atoms with van der Waals surface area (Å²) in [5, 5.41) is 17.3. The quantitative estimate of drug-likeness (QED) is 0.844. The minimum atomic E-state index is -0.818. The Hall–Kier alpha value is -1.87. The monoisotopic (exact) mass is 312 g/mol. The molecule has 1 amide bonds. The topological polar surface area (TPSA) is 105 Å². The number of amides is 1. The van der Waals surface area contributed by atoms with Gasteiger partial charge in [-0.3, -0.25) is 14.9 Å². The zero-order chi connectivity index (χ0) is 14.5. The lowest BCUT2D eigenvalue weighted by Crippen LogP contribution is -2.11. The second-order valence-electron chi connectivity index (χ2n) is 4.03. The molecule has 0 spiro atoms. The molecule has 9 heteroatoms. The van der Waals surface area contributed by atoms with Crippen molar-refractivity contribution in [1.82, 2.24) is 14.6 Å². The minimum absolute atomic E-state index is 0.116. The van der Waals surface area contributed by atoms with Gasteiger partial charge in [0.25, 0.3) is 5.91 Å². The molecular formula is C11H12N4O3S2. The Kier molecular flexibility index (Phi) is 4.74. The summed E-state index contributed by atoms with van der Waals surface area (Å²) >= 11 is 2.35. The van der Waals surface area contributed by atoms with Crippen LogP contribution in [-0.2, 0) is 11.2 Å². The van der Waals surface area contributed by atoms with E-state index in [1.54, 1.807) is 6.92 Å². The van der Waals surface area contributed by atoms with Gasteiger partial charge in [0.05, 0.1) is 11.4 Å². The fourth-order valence-corrected chi connectivity index (χ4v) is 2.79. The number of rotatable bonds is 6. The molecule has 0 fully saturated rings. The van der Waals surface area contributed by atoms with Crippen LogP contribution < -0.4 is 5.32 Å². The molecule has 106 valence electrons. The van der Waals surface area contributed by atoms with Gasteiger partial charge in [-0.2, -0.15) is 0 Å². The van der Waals surface area contributed by atoms with Gasteiger partial charge in [0.15, 0.2) is 5.13 Å². The summed E-state index contributed by atoms with van der Waals surface area (Å²) in [5.41, 5.74) is 1.37. The fourth-order valence-electron chi connectivity index (χ4n) is 1.49. The summed E-state index contributed by atoms with van der Waals surface area (Å²) in [6.07, 6.45) is 1.23. The Morgan fingerprint density at radius 3 is 2.90 bits per heavy atom. The first kappa shape index (κ1) is 14.5. The Morgan fingerprint density at radius 2 is 2.25 bits per heavy atom. The number of nitrogens with one attached hydrogen (secondary N) is 1. The molecule has 2 heterocycles. The molecule has 0 aliphatic rings. The second kappa shape index (κ2) is 6.53. The molecule has 0 radical (unpaired) electrons. The van der Waals surface area contributed by atoms with Gasteiger partial charge in [-0.05, 0) is 31.3 Å². The van der Waals surface area contributed by atoms with Gasteiger partial charge < -0.3 is 5.11 Å². The van der Waals surface area contributed by atoms with E-state index in [9.17, 15) is 9.59 Å². The molecule has 2 aromatic rings. The zero-order valence-corrected chi connectivity index (χ0v) is 12.3. The normalized spacial score (nSPS) is 10.4. The van der Waals surface area contributed by atoms with Crippen molar-refractivity contribution in [3.05, 3.63) is 21.6 Å². The van der Waals surface area contributed by atoms with Crippen molar-refractivity contribution in [2.45, 2.75) is 26.2 Å². The number of carbonyl (C=O) groups is 2. The first-order chi connectivity index (χ1) is 9.56. The van der Waals surface area contributed by atoms with Crippen LogP contribution in [0.3, 0.4) is 0 Å². The number of nitrogens with zero attached hydrogens (tertiary/aromatic N) is 3. The SMILES string of the molecule is Cc1nnsc1C(=O)Nc1nc(CCCC(=O)O)cs1. The van der Waals surface area contributed by atoms with Crippen molar-refractivity contribution in [2.24, 2.45) is 0 Å². The minimum Gasteiger partial charge on any atom is -0.481 e. The number of thiazole rings is 1. The molecule has 0 aliphatic carbocycles. The Balaban J connectivity index is 1.91. The Bertz CT molecular complexity index is 623. The number of hydrogen-bond acceptors (Lipinski definition) is 7. The first-order valence-electron chi connectivity index (χ1n) is 5.82. The summed E-state index contributed by atoms with van der Waals surface area (Å²) in [4.78, 5) is 27.0. The maximum absolute atomic E-state index is 11.9. The molecule has 2 aromatic heterocycles. The third-order valence-corrected chi connectivity index (χ3v) is 4.09. The lowest BCUT2D eigenvalue weighted by Gasteiger charge is -1.98. The third-order valence-electron chi connectivity index (χ3n) is 2.45. The Morgan fingerprint density at radius 1 is 1.45 bits per heavy atom. The fraction of sp³-hybridized carbons (Fsp3) is 0.364. The standard InChI is InChI=1S/C11H12N4O3S2/c1-6-9(20-15-14-6)10(18)13-11-12-7(5-19-11)3-2-4-8(16)17/h5H,2-4H2,1H3,(H,16,17)(H,12,13,18). The van der Waals surface area contributed by atoms with Crippen molar-refractivity contribution in [3.63, 3.8) is 0 Å². The van der Waals surface area contributed by atoms with E-state index in [0.717, 1.165) is 17.2 Å². The highest BCUT2D eigenvalue weighted by atomic mass is 32.1. The number of aryl methyl sites for hydroxylation is 2. The van der Waals surface area contributed by atoms with Crippen molar-refractivity contribution in [3.8, 4) is 0 Å². The van der Waals surface area contributed by atoms with E-state index in [2.05, 4.69) is 19.9 Å². The van der Waals surface area contributed by atoms with Crippen molar-refractivity contribution < 1.29 is 14.7 Å². The van der Waals surface area contributed by atoms with Gasteiger partial charge in [0.1, 0.15) is 4.88 Å². The van der Waals surface area contributed by atoms with E-state index in [-0.39, 0.29) is 12.3 Å². The highest BCUT2D eigenvalue weighted by Crippen LogP contribution is 2.19. The number of aliphatic carboxylic acids is 1. The van der Waals surface area contributed by atoms with Crippen LogP contribution >= 0.6 is 22.9 Å². The molecule has 7 nitrogen and oxygen atoms in total. The first-order valence-corrected chi connectivity index (χ1v) is 7.48. The van der Waals surface area contributed by atoms with Gasteiger partial charge in [0, 0.05) is 11.8 Å². The predicted octanol–water partition coefficient (Wildman–Crippen LogP) is 1.96. The van der Waals surface area contributed by atoms with Crippen LogP contribution in [0.1, 0.15) is 33.9 Å². The van der Waals surface area contributed by atoms with Crippen molar-refractivity contribution in [2.75, 3.05) is 5.32 Å². The summed E-state index contributed by atoms with van der Waals surface area (Å²) in [6, 6.07) is 0. The van der Waals surface area contributed by atoms with E-state index in [1.165, 1.54) is 11.3 Å². The van der Waals surface area contributed by atoms with Crippen LogP contribution in [0.25, 0.3) is 0 Å². The predicted molar refractivity (Wildman–Crippen MR) is 75.3 cm³/mol. The molecule has 0 aliphatic heterocycles. The zero-order valence-electron chi connectivity index (χ0n) is 10.6. The molecular weight excluding hydrogens is 300 g/mol. The Labute approximate surface area is 122 Å². The summed E-state index contributed by atoms with van der Waals surface area (Å²) < 4.78 is 3.70. The van der Waals surface area contributed by atoms with Crippen LogP contribution in [0.4, 0.5) is 5.13 Å². The van der Waals surface area contributed by atoms with Crippen molar-refractivity contribution >= 4 is 39.9 Å². The van der Waals surface area contributed by atoms with Crippen molar-refractivity contribution in [1.29, 1.82) is 0 Å². The average Bonchev–Trinajstić information content (AvgIpc) is 2.98. The number of carboxylic acids is 1. The van der Waals surface area contributed by atoms with Crippen LogP contribution in [0.5, 0.6) is 0 Å². The van der Waals surface area contributed by atoms with E-state index in [0.29, 0.717) is 28.5 Å². The highest BCUT2D eigenvalue weighted by Gasteiger charge is 2.14. The summed E-state index contributed by atoms with van der Waals surface area (Å²) in [6.45, 7) is 1.72. The van der Waals surface area contributed by atoms with E-state index < -0.39 is 5.97 Å². The van der Waals surface area contributed by atoms with Crippen LogP contribution in [0.15, 0.2) is 5.38 Å². The molecule has 2 N–H and O–H groups in total. The lowest BCUT2D eigenvalue weighted by molar-refractivity contribution is -0.137. The molecule has 0 saturated carbocycles. The van der Waals surface area contributed by atoms with E-state index in [1.807, 2.05) is 5.38 Å². The molecule has 2 rings (SSSR count). The van der Waals surface area contributed by atoms with E-state index in [4.69, 9.17) is 5.11 Å². The lowest BCUT2D eigenvalue weighted by atomic mass is 10.2. The smallest absolute Gasteiger partial charge is 0.303 e. The van der Waals surface area contributed by atoms with Gasteiger partial charge in [-0.25, -0.2) is 4.98 Å². The number of aromatic nitrogens is 3. The van der Waals surface area contributed by atoms with Gasteiger partial charge >= 0.3 is 5.97 Å². The average molecular weight is 312 g/mol. The maximum atomic E-state index is 11.9. The number of carbonyl (C=O) groups excluding carboxylic acids is 1. The molecule has 0 aromatic carbocycles. The van der Waals surface area contributed by atoms with Gasteiger partial charge in [-0.1, -0.05) is 4.49 Å². The maximum Gasteiger partial charge on any atom is 0.303 e. The molecule has 0 bridgehead atoms. The molecule has 0 atom stereocenters. The summed E-state index contributed by atoms with van der Waals surface area (Å²) in [7, 11) is 0. The number of anilines is 1. The van der Waals surface area contributed by atoms with Crippen LogP contribution in [0, 0.1) is 6.92 Å². The van der Waals surface area contributed by atoms with Crippen LogP contribution in [0.2, 0.25) is 0 Å². The van der Waals surface area contributed by atoms with Gasteiger partial charge in [-0.15, -0.1) is 16.4 Å². The molecule has 20 heavy (non-hydrogen) atoms. The van der Waals surface area contributed by atoms with E-state index >= 15 is 0 Å². The molecule has 0 unspecified atom stereocenters. The number of hydrogen-bond donors (Lipinski definition) is 2. The summed E-state index contributed by atoms with van der Waals surface area (Å²) in [5.74, 6) is -1.09. The third kappa shape index (κ3) is 3.81. The molecule has 0 saturated heterocycles. The second-order valence-corrected chi connectivity index (χ2v) is 5.65. The highest BCUT2D eigenvalue weighted by molar-refractivity contribution is 7.14.